The first-order chi connectivity index (χ1) is 9.09. The van der Waals surface area contributed by atoms with Gasteiger partial charge in [-0.1, -0.05) is 0 Å². The zero-order valence-corrected chi connectivity index (χ0v) is 11.1. The summed E-state index contributed by atoms with van der Waals surface area (Å²) >= 11 is 0. The highest BCUT2D eigenvalue weighted by atomic mass is 16.5. The zero-order chi connectivity index (χ0) is 13.8. The minimum atomic E-state index is -0.881. The van der Waals surface area contributed by atoms with Crippen molar-refractivity contribution in [2.75, 3.05) is 43.2 Å². The normalized spacial score (nSPS) is 17.1. The SMILES string of the molecule is CC(C(=O)O)N(C)c1ccnc(N2CCOCC2)n1. The van der Waals surface area contributed by atoms with Crippen LogP contribution in [0.4, 0.5) is 11.8 Å². The summed E-state index contributed by atoms with van der Waals surface area (Å²) in [6.45, 7) is 4.45. The summed E-state index contributed by atoms with van der Waals surface area (Å²) < 4.78 is 5.28. The van der Waals surface area contributed by atoms with Gasteiger partial charge >= 0.3 is 5.97 Å². The van der Waals surface area contributed by atoms with E-state index in [1.807, 2.05) is 4.90 Å². The van der Waals surface area contributed by atoms with Crippen LogP contribution in [0.5, 0.6) is 0 Å². The molecule has 0 aromatic carbocycles. The molecule has 0 amide bonds. The van der Waals surface area contributed by atoms with Gasteiger partial charge < -0.3 is 19.6 Å². The Labute approximate surface area is 111 Å². The third-order valence-corrected chi connectivity index (χ3v) is 3.22. The molecule has 19 heavy (non-hydrogen) atoms. The van der Waals surface area contributed by atoms with Crippen molar-refractivity contribution < 1.29 is 14.6 Å². The first-order valence-corrected chi connectivity index (χ1v) is 6.21. The number of aromatic nitrogens is 2. The number of ether oxygens (including phenoxy) is 1. The highest BCUT2D eigenvalue weighted by Crippen LogP contribution is 2.16. The van der Waals surface area contributed by atoms with Crippen LogP contribution in [0.1, 0.15) is 6.92 Å². The lowest BCUT2D eigenvalue weighted by Crippen LogP contribution is -2.39. The van der Waals surface area contributed by atoms with E-state index in [0.29, 0.717) is 25.0 Å². The lowest BCUT2D eigenvalue weighted by molar-refractivity contribution is -0.138. The first kappa shape index (κ1) is 13.5. The molecule has 7 nitrogen and oxygen atoms in total. The maximum Gasteiger partial charge on any atom is 0.326 e. The van der Waals surface area contributed by atoms with E-state index in [2.05, 4.69) is 9.97 Å². The van der Waals surface area contributed by atoms with Crippen LogP contribution in [0.2, 0.25) is 0 Å². The van der Waals surface area contributed by atoms with Crippen LogP contribution >= 0.6 is 0 Å². The van der Waals surface area contributed by atoms with Gasteiger partial charge in [0.25, 0.3) is 0 Å². The number of likely N-dealkylation sites (N-methyl/N-ethyl adjacent to an activating group) is 1. The van der Waals surface area contributed by atoms with Gasteiger partial charge in [0.15, 0.2) is 0 Å². The Morgan fingerprint density at radius 2 is 2.21 bits per heavy atom. The van der Waals surface area contributed by atoms with Gasteiger partial charge in [-0.15, -0.1) is 0 Å². The average molecular weight is 266 g/mol. The van der Waals surface area contributed by atoms with E-state index < -0.39 is 12.0 Å². The van der Waals surface area contributed by atoms with Crippen molar-refractivity contribution in [1.29, 1.82) is 0 Å². The average Bonchev–Trinajstić information content (AvgIpc) is 2.46. The monoisotopic (exact) mass is 266 g/mol. The summed E-state index contributed by atoms with van der Waals surface area (Å²) in [6.07, 6.45) is 1.65. The maximum atomic E-state index is 11.0. The minimum Gasteiger partial charge on any atom is -0.480 e. The molecule has 1 aliphatic heterocycles. The number of hydrogen-bond donors (Lipinski definition) is 1. The topological polar surface area (TPSA) is 78.8 Å². The fourth-order valence-electron chi connectivity index (χ4n) is 1.82. The number of carboxylic acids is 1. The molecule has 1 aliphatic rings. The third-order valence-electron chi connectivity index (χ3n) is 3.22. The molecule has 2 heterocycles. The fourth-order valence-corrected chi connectivity index (χ4v) is 1.82. The van der Waals surface area contributed by atoms with Crippen molar-refractivity contribution in [2.45, 2.75) is 13.0 Å². The molecule has 0 bridgehead atoms. The van der Waals surface area contributed by atoms with E-state index in [1.54, 1.807) is 31.1 Å². The zero-order valence-electron chi connectivity index (χ0n) is 11.1. The molecule has 1 aromatic heterocycles. The number of hydrogen-bond acceptors (Lipinski definition) is 6. The number of rotatable bonds is 4. The smallest absolute Gasteiger partial charge is 0.326 e. The Morgan fingerprint density at radius 1 is 1.53 bits per heavy atom. The molecular formula is C12H18N4O3. The van der Waals surface area contributed by atoms with E-state index in [1.165, 1.54) is 0 Å². The molecule has 1 fully saturated rings. The van der Waals surface area contributed by atoms with Gasteiger partial charge in [-0.3, -0.25) is 0 Å². The number of morpholine rings is 1. The van der Waals surface area contributed by atoms with Gasteiger partial charge in [0.2, 0.25) is 5.95 Å². The second-order valence-corrected chi connectivity index (χ2v) is 4.44. The minimum absolute atomic E-state index is 0.603. The molecule has 1 N–H and O–H groups in total. The molecule has 104 valence electrons. The highest BCUT2D eigenvalue weighted by molar-refractivity contribution is 5.77. The fraction of sp³-hybridized carbons (Fsp3) is 0.583. The van der Waals surface area contributed by atoms with E-state index in [4.69, 9.17) is 9.84 Å². The lowest BCUT2D eigenvalue weighted by atomic mass is 10.3. The predicted octanol–water partition coefficient (Wildman–Crippen LogP) is 0.223. The van der Waals surface area contributed by atoms with Crippen LogP contribution in [-0.4, -0.2) is 60.4 Å². The third kappa shape index (κ3) is 3.11. The molecular weight excluding hydrogens is 248 g/mol. The van der Waals surface area contributed by atoms with Crippen molar-refractivity contribution in [1.82, 2.24) is 9.97 Å². The summed E-state index contributed by atoms with van der Waals surface area (Å²) in [6, 6.07) is 1.08. The number of carbonyl (C=O) groups is 1. The molecule has 2 rings (SSSR count). The van der Waals surface area contributed by atoms with E-state index in [-0.39, 0.29) is 0 Å². The van der Waals surface area contributed by atoms with E-state index >= 15 is 0 Å². The summed E-state index contributed by atoms with van der Waals surface area (Å²) in [4.78, 5) is 23.3. The largest absolute Gasteiger partial charge is 0.480 e. The molecule has 1 unspecified atom stereocenters. The van der Waals surface area contributed by atoms with Crippen molar-refractivity contribution in [3.8, 4) is 0 Å². The quantitative estimate of drug-likeness (QED) is 0.835. The Bertz CT molecular complexity index is 448. The molecule has 0 aliphatic carbocycles. The summed E-state index contributed by atoms with van der Waals surface area (Å²) in [7, 11) is 1.71. The van der Waals surface area contributed by atoms with Crippen molar-refractivity contribution >= 4 is 17.7 Å². The molecule has 0 spiro atoms. The summed E-state index contributed by atoms with van der Waals surface area (Å²) in [5, 5.41) is 9.02. The molecule has 1 saturated heterocycles. The van der Waals surface area contributed by atoms with Gasteiger partial charge in [-0.05, 0) is 13.0 Å². The molecule has 1 aromatic rings. The maximum absolute atomic E-state index is 11.0. The van der Waals surface area contributed by atoms with Crippen LogP contribution < -0.4 is 9.80 Å². The highest BCUT2D eigenvalue weighted by Gasteiger charge is 2.20. The number of aliphatic carboxylic acids is 1. The van der Waals surface area contributed by atoms with Crippen LogP contribution in [0.3, 0.4) is 0 Å². The standard InChI is InChI=1S/C12H18N4O3/c1-9(11(17)18)15(2)10-3-4-13-12(14-10)16-5-7-19-8-6-16/h3-4,9H,5-8H2,1-2H3,(H,17,18). The Hall–Kier alpha value is -1.89. The number of carboxylic acid groups (broad SMARTS) is 1. The molecule has 1 atom stereocenters. The summed E-state index contributed by atoms with van der Waals surface area (Å²) in [5.74, 6) is 0.339. The van der Waals surface area contributed by atoms with Crippen molar-refractivity contribution in [2.24, 2.45) is 0 Å². The molecule has 0 radical (unpaired) electrons. The van der Waals surface area contributed by atoms with Crippen molar-refractivity contribution in [3.05, 3.63) is 12.3 Å². The van der Waals surface area contributed by atoms with E-state index in [0.717, 1.165) is 13.1 Å². The van der Waals surface area contributed by atoms with Gasteiger partial charge in [-0.25, -0.2) is 9.78 Å². The Balaban J connectivity index is 2.16. The Kier molecular flexibility index (Phi) is 4.16. The van der Waals surface area contributed by atoms with Gasteiger partial charge in [0.1, 0.15) is 11.9 Å². The van der Waals surface area contributed by atoms with Crippen LogP contribution in [0.25, 0.3) is 0 Å². The first-order valence-electron chi connectivity index (χ1n) is 6.21. The van der Waals surface area contributed by atoms with Crippen LogP contribution in [0, 0.1) is 0 Å². The molecule has 7 heteroatoms. The van der Waals surface area contributed by atoms with Crippen molar-refractivity contribution in [3.63, 3.8) is 0 Å². The van der Waals surface area contributed by atoms with Gasteiger partial charge in [0.05, 0.1) is 13.2 Å². The second kappa shape index (κ2) is 5.83. The predicted molar refractivity (Wildman–Crippen MR) is 70.6 cm³/mol. The van der Waals surface area contributed by atoms with Gasteiger partial charge in [0, 0.05) is 26.3 Å². The van der Waals surface area contributed by atoms with Crippen LogP contribution in [0.15, 0.2) is 12.3 Å². The number of anilines is 2. The lowest BCUT2D eigenvalue weighted by Gasteiger charge is -2.28. The summed E-state index contributed by atoms with van der Waals surface area (Å²) in [5.41, 5.74) is 0. The van der Waals surface area contributed by atoms with Gasteiger partial charge in [-0.2, -0.15) is 4.98 Å². The van der Waals surface area contributed by atoms with Crippen LogP contribution in [-0.2, 0) is 9.53 Å². The number of nitrogens with zero attached hydrogens (tertiary/aromatic N) is 4. The molecule has 0 saturated carbocycles. The second-order valence-electron chi connectivity index (χ2n) is 4.44. The van der Waals surface area contributed by atoms with E-state index in [9.17, 15) is 4.79 Å². The Morgan fingerprint density at radius 3 is 2.84 bits per heavy atom.